The largest absolute Gasteiger partial charge is 0.310 e. The molecule has 0 aliphatic rings. The van der Waals surface area contributed by atoms with Gasteiger partial charge in [-0.1, -0.05) is 25.1 Å². The van der Waals surface area contributed by atoms with Crippen LogP contribution in [0.15, 0.2) is 24.3 Å². The number of hydrogen-bond donors (Lipinski definition) is 1. The van der Waals surface area contributed by atoms with Crippen molar-refractivity contribution in [2.24, 2.45) is 0 Å². The van der Waals surface area contributed by atoms with Crippen molar-refractivity contribution in [2.75, 3.05) is 6.54 Å². The van der Waals surface area contributed by atoms with E-state index in [1.807, 2.05) is 0 Å². The van der Waals surface area contributed by atoms with Crippen LogP contribution in [0.3, 0.4) is 0 Å². The number of nitrogens with one attached hydrogen (secondary N) is 1. The first-order valence-electron chi connectivity index (χ1n) is 7.89. The summed E-state index contributed by atoms with van der Waals surface area (Å²) in [7, 11) is 0. The van der Waals surface area contributed by atoms with Crippen molar-refractivity contribution < 1.29 is 0 Å². The molecule has 0 bridgehead atoms. The van der Waals surface area contributed by atoms with E-state index in [0.29, 0.717) is 6.04 Å². The molecular formula is C18H27N3. The zero-order chi connectivity index (χ0) is 15.4. The molecule has 0 fully saturated rings. The predicted octanol–water partition coefficient (Wildman–Crippen LogP) is 3.72. The minimum absolute atomic E-state index is 0.345. The Labute approximate surface area is 128 Å². The zero-order valence-corrected chi connectivity index (χ0v) is 13.9. The first-order chi connectivity index (χ1) is 10.1. The lowest BCUT2D eigenvalue weighted by atomic mass is 9.93. The van der Waals surface area contributed by atoms with Gasteiger partial charge >= 0.3 is 0 Å². The van der Waals surface area contributed by atoms with Gasteiger partial charge in [-0.05, 0) is 57.0 Å². The van der Waals surface area contributed by atoms with Crippen LogP contribution in [-0.4, -0.2) is 16.3 Å². The van der Waals surface area contributed by atoms with E-state index in [9.17, 15) is 0 Å². The Hall–Kier alpha value is -1.61. The van der Waals surface area contributed by atoms with Gasteiger partial charge in [0.05, 0.1) is 5.69 Å². The maximum atomic E-state index is 4.57. The molecule has 0 radical (unpaired) electrons. The summed E-state index contributed by atoms with van der Waals surface area (Å²) in [6.45, 7) is 12.7. The first kappa shape index (κ1) is 15.8. The Morgan fingerprint density at radius 2 is 1.81 bits per heavy atom. The third-order valence-corrected chi connectivity index (χ3v) is 4.04. The van der Waals surface area contributed by atoms with E-state index >= 15 is 0 Å². The quantitative estimate of drug-likeness (QED) is 0.876. The molecule has 3 nitrogen and oxygen atoms in total. The lowest BCUT2D eigenvalue weighted by Crippen LogP contribution is -2.25. The SMILES string of the molecule is CCNC(Cc1cc(C)nn1CC)c1c(C)cccc1C. The Morgan fingerprint density at radius 1 is 1.14 bits per heavy atom. The van der Waals surface area contributed by atoms with Gasteiger partial charge in [0.15, 0.2) is 0 Å². The molecule has 3 heteroatoms. The summed E-state index contributed by atoms with van der Waals surface area (Å²) in [5.41, 5.74) is 6.56. The zero-order valence-electron chi connectivity index (χ0n) is 13.9. The summed E-state index contributed by atoms with van der Waals surface area (Å²) >= 11 is 0. The molecule has 0 amide bonds. The van der Waals surface area contributed by atoms with Crippen LogP contribution >= 0.6 is 0 Å². The maximum Gasteiger partial charge on any atom is 0.0596 e. The van der Waals surface area contributed by atoms with Gasteiger partial charge in [0, 0.05) is 24.7 Å². The van der Waals surface area contributed by atoms with Gasteiger partial charge in [0.2, 0.25) is 0 Å². The van der Waals surface area contributed by atoms with E-state index in [1.165, 1.54) is 22.4 Å². The van der Waals surface area contributed by atoms with Gasteiger partial charge in [-0.3, -0.25) is 4.68 Å². The highest BCUT2D eigenvalue weighted by Crippen LogP contribution is 2.25. The van der Waals surface area contributed by atoms with Crippen molar-refractivity contribution >= 4 is 0 Å². The highest BCUT2D eigenvalue weighted by Gasteiger charge is 2.18. The number of aromatic nitrogens is 2. The van der Waals surface area contributed by atoms with Gasteiger partial charge in [-0.15, -0.1) is 0 Å². The summed E-state index contributed by atoms with van der Waals surface area (Å²) in [6.07, 6.45) is 0.980. The van der Waals surface area contributed by atoms with Gasteiger partial charge in [0.25, 0.3) is 0 Å². The van der Waals surface area contributed by atoms with Crippen LogP contribution in [0.5, 0.6) is 0 Å². The summed E-state index contributed by atoms with van der Waals surface area (Å²) < 4.78 is 2.12. The molecule has 2 rings (SSSR count). The second-order valence-electron chi connectivity index (χ2n) is 5.71. The normalized spacial score (nSPS) is 12.6. The van der Waals surface area contributed by atoms with Crippen LogP contribution in [0, 0.1) is 20.8 Å². The molecule has 21 heavy (non-hydrogen) atoms. The van der Waals surface area contributed by atoms with Crippen LogP contribution in [0.1, 0.15) is 48.0 Å². The highest BCUT2D eigenvalue weighted by atomic mass is 15.3. The molecule has 1 atom stereocenters. The third-order valence-electron chi connectivity index (χ3n) is 4.04. The Balaban J connectivity index is 2.35. The van der Waals surface area contributed by atoms with Crippen LogP contribution in [0.25, 0.3) is 0 Å². The lowest BCUT2D eigenvalue weighted by Gasteiger charge is -2.23. The number of rotatable bonds is 6. The molecule has 114 valence electrons. The molecule has 1 heterocycles. The van der Waals surface area contributed by atoms with Crippen molar-refractivity contribution in [1.82, 2.24) is 15.1 Å². The first-order valence-corrected chi connectivity index (χ1v) is 7.89. The molecule has 1 aromatic heterocycles. The third kappa shape index (κ3) is 3.53. The summed E-state index contributed by atoms with van der Waals surface area (Å²) in [5.74, 6) is 0. The fourth-order valence-corrected chi connectivity index (χ4v) is 3.15. The van der Waals surface area contributed by atoms with E-state index in [4.69, 9.17) is 0 Å². The van der Waals surface area contributed by atoms with E-state index < -0.39 is 0 Å². The van der Waals surface area contributed by atoms with Crippen LogP contribution in [-0.2, 0) is 13.0 Å². The lowest BCUT2D eigenvalue weighted by molar-refractivity contribution is 0.512. The standard InChI is InChI=1S/C18H27N3/c1-6-19-17(18-13(3)9-8-10-14(18)4)12-16-11-15(5)20-21(16)7-2/h8-11,17,19H,6-7,12H2,1-5H3. The Kier molecular flexibility index (Phi) is 5.18. The molecule has 0 saturated carbocycles. The Bertz CT molecular complexity index is 578. The van der Waals surface area contributed by atoms with Crippen molar-refractivity contribution in [1.29, 1.82) is 0 Å². The van der Waals surface area contributed by atoms with Gasteiger partial charge in [-0.2, -0.15) is 5.10 Å². The molecule has 1 aromatic carbocycles. The van der Waals surface area contributed by atoms with Crippen LogP contribution < -0.4 is 5.32 Å². The van der Waals surface area contributed by atoms with Gasteiger partial charge in [0.1, 0.15) is 0 Å². The van der Waals surface area contributed by atoms with Crippen molar-refractivity contribution in [3.63, 3.8) is 0 Å². The Morgan fingerprint density at radius 3 is 2.38 bits per heavy atom. The van der Waals surface area contributed by atoms with E-state index in [1.54, 1.807) is 0 Å². The van der Waals surface area contributed by atoms with E-state index in [0.717, 1.165) is 25.2 Å². The summed E-state index contributed by atoms with van der Waals surface area (Å²) in [4.78, 5) is 0. The maximum absolute atomic E-state index is 4.57. The average Bonchev–Trinajstić information content (AvgIpc) is 2.78. The van der Waals surface area contributed by atoms with Crippen molar-refractivity contribution in [3.8, 4) is 0 Å². The molecule has 1 N–H and O–H groups in total. The van der Waals surface area contributed by atoms with Crippen LogP contribution in [0.2, 0.25) is 0 Å². The number of hydrogen-bond acceptors (Lipinski definition) is 2. The number of likely N-dealkylation sites (N-methyl/N-ethyl adjacent to an activating group) is 1. The fourth-order valence-electron chi connectivity index (χ4n) is 3.15. The van der Waals surface area contributed by atoms with E-state index in [-0.39, 0.29) is 0 Å². The predicted molar refractivity (Wildman–Crippen MR) is 88.7 cm³/mol. The smallest absolute Gasteiger partial charge is 0.0596 e. The van der Waals surface area contributed by atoms with Crippen LogP contribution in [0.4, 0.5) is 0 Å². The minimum Gasteiger partial charge on any atom is -0.310 e. The monoisotopic (exact) mass is 285 g/mol. The molecule has 1 unspecified atom stereocenters. The van der Waals surface area contributed by atoms with Crippen molar-refractivity contribution in [3.05, 3.63) is 52.3 Å². The number of aryl methyl sites for hydroxylation is 4. The molecular weight excluding hydrogens is 258 g/mol. The number of benzene rings is 1. The van der Waals surface area contributed by atoms with Gasteiger partial charge in [-0.25, -0.2) is 0 Å². The average molecular weight is 285 g/mol. The highest BCUT2D eigenvalue weighted by molar-refractivity contribution is 5.37. The van der Waals surface area contributed by atoms with Gasteiger partial charge < -0.3 is 5.32 Å². The molecule has 0 aliphatic carbocycles. The fraction of sp³-hybridized carbons (Fsp3) is 0.500. The topological polar surface area (TPSA) is 29.9 Å². The number of nitrogens with zero attached hydrogens (tertiary/aromatic N) is 2. The summed E-state index contributed by atoms with van der Waals surface area (Å²) in [6, 6.07) is 9.10. The second kappa shape index (κ2) is 6.90. The second-order valence-corrected chi connectivity index (χ2v) is 5.71. The van der Waals surface area contributed by atoms with Crippen molar-refractivity contribution in [2.45, 2.75) is 53.6 Å². The van der Waals surface area contributed by atoms with E-state index in [2.05, 4.69) is 74.0 Å². The molecule has 0 aliphatic heterocycles. The minimum atomic E-state index is 0.345. The molecule has 2 aromatic rings. The molecule has 0 saturated heterocycles. The summed E-state index contributed by atoms with van der Waals surface area (Å²) in [5, 5.41) is 8.22. The molecule has 0 spiro atoms.